The maximum atomic E-state index is 12.4. The van der Waals surface area contributed by atoms with E-state index in [1.54, 1.807) is 48.5 Å². The molecule has 0 atom stereocenters. The molecule has 0 aliphatic rings. The van der Waals surface area contributed by atoms with Crippen LogP contribution in [0.1, 0.15) is 37.0 Å². The summed E-state index contributed by atoms with van der Waals surface area (Å²) < 4.78 is 25.6. The lowest BCUT2D eigenvalue weighted by atomic mass is 10.1. The molecule has 0 unspecified atom stereocenters. The fourth-order valence-electron chi connectivity index (χ4n) is 2.87. The third kappa shape index (κ3) is 7.88. The number of hydrogen-bond acceptors (Lipinski definition) is 4. The zero-order valence-electron chi connectivity index (χ0n) is 17.9. The van der Waals surface area contributed by atoms with Gasteiger partial charge in [-0.3, -0.25) is 13.9 Å². The minimum atomic E-state index is -3.51. The number of amides is 2. The SMILES string of the molecule is CC(C)CNC(=O)c1ccccc1NC(=O)CCCN(c1ccc(Cl)cc1)S(C)(=O)=O. The van der Waals surface area contributed by atoms with Gasteiger partial charge in [-0.05, 0) is 48.7 Å². The van der Waals surface area contributed by atoms with Crippen molar-refractivity contribution in [2.24, 2.45) is 5.92 Å². The second-order valence-corrected chi connectivity index (χ2v) is 9.96. The van der Waals surface area contributed by atoms with Crippen LogP contribution in [-0.2, 0) is 14.8 Å². The van der Waals surface area contributed by atoms with Gasteiger partial charge in [0.25, 0.3) is 5.91 Å². The van der Waals surface area contributed by atoms with Gasteiger partial charge < -0.3 is 10.6 Å². The first-order valence-corrected chi connectivity index (χ1v) is 12.2. The van der Waals surface area contributed by atoms with Crippen molar-refractivity contribution in [2.75, 3.05) is 29.0 Å². The Morgan fingerprint density at radius 1 is 1.06 bits per heavy atom. The van der Waals surface area contributed by atoms with Crippen LogP contribution < -0.4 is 14.9 Å². The Morgan fingerprint density at radius 2 is 1.71 bits per heavy atom. The van der Waals surface area contributed by atoms with Crippen LogP contribution in [0.15, 0.2) is 48.5 Å². The largest absolute Gasteiger partial charge is 0.352 e. The van der Waals surface area contributed by atoms with E-state index in [0.717, 1.165) is 6.26 Å². The molecular formula is C22H28ClN3O4S. The summed E-state index contributed by atoms with van der Waals surface area (Å²) in [5.41, 5.74) is 1.29. The first-order chi connectivity index (χ1) is 14.6. The molecule has 2 rings (SSSR count). The number of para-hydroxylation sites is 1. The van der Waals surface area contributed by atoms with E-state index >= 15 is 0 Å². The Bertz CT molecular complexity index is 1010. The molecule has 0 saturated carbocycles. The number of sulfonamides is 1. The Balaban J connectivity index is 1.99. The summed E-state index contributed by atoms with van der Waals surface area (Å²) in [4.78, 5) is 24.8. The van der Waals surface area contributed by atoms with Crippen LogP contribution in [0, 0.1) is 5.92 Å². The van der Waals surface area contributed by atoms with E-state index in [4.69, 9.17) is 11.6 Å². The number of halogens is 1. The topological polar surface area (TPSA) is 95.6 Å². The number of benzene rings is 2. The standard InChI is InChI=1S/C22H28ClN3O4S/c1-16(2)15-24-22(28)19-7-4-5-8-20(19)25-21(27)9-6-14-26(31(3,29)30)18-12-10-17(23)11-13-18/h4-5,7-8,10-13,16H,6,9,14-15H2,1-3H3,(H,24,28)(H,25,27). The molecule has 0 heterocycles. The van der Waals surface area contributed by atoms with Gasteiger partial charge in [0.15, 0.2) is 0 Å². The molecule has 0 spiro atoms. The van der Waals surface area contributed by atoms with Crippen molar-refractivity contribution in [2.45, 2.75) is 26.7 Å². The van der Waals surface area contributed by atoms with Gasteiger partial charge in [-0.2, -0.15) is 0 Å². The highest BCUT2D eigenvalue weighted by Gasteiger charge is 2.18. The number of nitrogens with zero attached hydrogens (tertiary/aromatic N) is 1. The first kappa shape index (κ1) is 24.7. The Kier molecular flexibility index (Phi) is 8.88. The van der Waals surface area contributed by atoms with Gasteiger partial charge in [-0.1, -0.05) is 37.6 Å². The lowest BCUT2D eigenvalue weighted by Crippen LogP contribution is -2.31. The lowest BCUT2D eigenvalue weighted by molar-refractivity contribution is -0.116. The van der Waals surface area contributed by atoms with Crippen LogP contribution in [0.2, 0.25) is 5.02 Å². The third-order valence-electron chi connectivity index (χ3n) is 4.40. The molecule has 0 fully saturated rings. The summed E-state index contributed by atoms with van der Waals surface area (Å²) >= 11 is 5.87. The average molecular weight is 466 g/mol. The van der Waals surface area contributed by atoms with Crippen LogP contribution in [0.25, 0.3) is 0 Å². The summed E-state index contributed by atoms with van der Waals surface area (Å²) in [6.07, 6.45) is 1.53. The number of nitrogens with one attached hydrogen (secondary N) is 2. The van der Waals surface area contributed by atoms with Crippen LogP contribution in [0.4, 0.5) is 11.4 Å². The number of anilines is 2. The van der Waals surface area contributed by atoms with Crippen molar-refractivity contribution in [3.63, 3.8) is 0 Å². The van der Waals surface area contributed by atoms with Crippen molar-refractivity contribution >= 4 is 44.8 Å². The van der Waals surface area contributed by atoms with Crippen LogP contribution in [0.3, 0.4) is 0 Å². The molecule has 7 nitrogen and oxygen atoms in total. The van der Waals surface area contributed by atoms with Crippen molar-refractivity contribution in [1.82, 2.24) is 5.32 Å². The van der Waals surface area contributed by atoms with E-state index in [9.17, 15) is 18.0 Å². The molecule has 0 radical (unpaired) electrons. The van der Waals surface area contributed by atoms with Gasteiger partial charge in [0, 0.05) is 24.5 Å². The van der Waals surface area contributed by atoms with Gasteiger partial charge in [-0.25, -0.2) is 8.42 Å². The highest BCUT2D eigenvalue weighted by Crippen LogP contribution is 2.21. The molecule has 0 aliphatic carbocycles. The molecule has 2 amide bonds. The van der Waals surface area contributed by atoms with E-state index in [1.165, 1.54) is 4.31 Å². The smallest absolute Gasteiger partial charge is 0.253 e. The van der Waals surface area contributed by atoms with Crippen molar-refractivity contribution in [3.8, 4) is 0 Å². The van der Waals surface area contributed by atoms with Gasteiger partial charge in [0.05, 0.1) is 23.2 Å². The van der Waals surface area contributed by atoms with E-state index in [0.29, 0.717) is 40.8 Å². The molecule has 31 heavy (non-hydrogen) atoms. The maximum absolute atomic E-state index is 12.4. The zero-order chi connectivity index (χ0) is 23.0. The predicted molar refractivity (Wildman–Crippen MR) is 125 cm³/mol. The number of rotatable bonds is 10. The van der Waals surface area contributed by atoms with Gasteiger partial charge in [-0.15, -0.1) is 0 Å². The predicted octanol–water partition coefficient (Wildman–Crippen LogP) is 3.91. The minimum Gasteiger partial charge on any atom is -0.352 e. The molecule has 2 aromatic carbocycles. The Labute approximate surface area is 188 Å². The molecule has 0 aliphatic heterocycles. The molecule has 0 aromatic heterocycles. The fourth-order valence-corrected chi connectivity index (χ4v) is 3.96. The number of carbonyl (C=O) groups is 2. The summed E-state index contributed by atoms with van der Waals surface area (Å²) in [7, 11) is -3.51. The summed E-state index contributed by atoms with van der Waals surface area (Å²) in [5, 5.41) is 6.10. The van der Waals surface area contributed by atoms with Gasteiger partial charge in [0.1, 0.15) is 0 Å². The third-order valence-corrected chi connectivity index (χ3v) is 5.84. The van der Waals surface area contributed by atoms with Crippen molar-refractivity contribution < 1.29 is 18.0 Å². The van der Waals surface area contributed by atoms with E-state index in [2.05, 4.69) is 10.6 Å². The van der Waals surface area contributed by atoms with Gasteiger partial charge in [0.2, 0.25) is 15.9 Å². The van der Waals surface area contributed by atoms with Crippen LogP contribution in [-0.4, -0.2) is 39.6 Å². The average Bonchev–Trinajstić information content (AvgIpc) is 2.70. The summed E-state index contributed by atoms with van der Waals surface area (Å²) in [6, 6.07) is 13.3. The van der Waals surface area contributed by atoms with Crippen LogP contribution in [0.5, 0.6) is 0 Å². The molecule has 0 saturated heterocycles. The molecule has 168 valence electrons. The minimum absolute atomic E-state index is 0.0988. The van der Waals surface area contributed by atoms with E-state index in [1.807, 2.05) is 13.8 Å². The molecule has 0 bridgehead atoms. The highest BCUT2D eigenvalue weighted by molar-refractivity contribution is 7.92. The second kappa shape index (κ2) is 11.2. The van der Waals surface area contributed by atoms with E-state index in [-0.39, 0.29) is 24.8 Å². The normalized spacial score (nSPS) is 11.3. The zero-order valence-corrected chi connectivity index (χ0v) is 19.5. The van der Waals surface area contributed by atoms with Crippen molar-refractivity contribution in [3.05, 3.63) is 59.1 Å². The Morgan fingerprint density at radius 3 is 2.32 bits per heavy atom. The lowest BCUT2D eigenvalue weighted by Gasteiger charge is -2.22. The van der Waals surface area contributed by atoms with Crippen LogP contribution >= 0.6 is 11.6 Å². The molecule has 9 heteroatoms. The summed E-state index contributed by atoms with van der Waals surface area (Å²) in [5.74, 6) is -0.242. The monoisotopic (exact) mass is 465 g/mol. The fraction of sp³-hybridized carbons (Fsp3) is 0.364. The maximum Gasteiger partial charge on any atom is 0.253 e. The highest BCUT2D eigenvalue weighted by atomic mass is 35.5. The molecule has 2 N–H and O–H groups in total. The Hall–Kier alpha value is -2.58. The van der Waals surface area contributed by atoms with Gasteiger partial charge >= 0.3 is 0 Å². The number of carbonyl (C=O) groups excluding carboxylic acids is 2. The molecular weight excluding hydrogens is 438 g/mol. The first-order valence-electron chi connectivity index (χ1n) is 9.98. The summed E-state index contributed by atoms with van der Waals surface area (Å²) in [6.45, 7) is 4.67. The second-order valence-electron chi connectivity index (χ2n) is 7.61. The quantitative estimate of drug-likeness (QED) is 0.556. The van der Waals surface area contributed by atoms with E-state index < -0.39 is 10.0 Å². The molecule has 2 aromatic rings. The number of hydrogen-bond donors (Lipinski definition) is 2. The van der Waals surface area contributed by atoms with Crippen molar-refractivity contribution in [1.29, 1.82) is 0 Å².